The van der Waals surface area contributed by atoms with Crippen molar-refractivity contribution >= 4 is 16.7 Å². The number of imidazole rings is 1. The minimum atomic E-state index is 0.0588. The summed E-state index contributed by atoms with van der Waals surface area (Å²) < 4.78 is 3.67. The van der Waals surface area contributed by atoms with E-state index in [1.807, 2.05) is 17.6 Å². The van der Waals surface area contributed by atoms with Crippen molar-refractivity contribution in [1.29, 1.82) is 0 Å². The summed E-state index contributed by atoms with van der Waals surface area (Å²) in [6, 6.07) is 2.30. The first-order valence-corrected chi connectivity index (χ1v) is 6.19. The lowest BCUT2D eigenvalue weighted by Crippen LogP contribution is -2.26. The summed E-state index contributed by atoms with van der Waals surface area (Å²) >= 11 is 0. The van der Waals surface area contributed by atoms with E-state index < -0.39 is 0 Å². The molecule has 1 saturated carbocycles. The average molecular weight is 244 g/mol. The minimum Gasteiger partial charge on any atom is -0.296 e. The molecular formula is C13H16N4O. The number of aromatic nitrogens is 3. The van der Waals surface area contributed by atoms with Crippen LogP contribution in [0.2, 0.25) is 0 Å². The fourth-order valence-electron chi connectivity index (χ4n) is 2.26. The third-order valence-corrected chi connectivity index (χ3v) is 3.45. The molecule has 0 aromatic carbocycles. The zero-order valence-electron chi connectivity index (χ0n) is 10.6. The molecule has 94 valence electrons. The number of aliphatic imine (C=N–C) groups is 1. The zero-order valence-corrected chi connectivity index (χ0v) is 10.6. The molecule has 0 radical (unpaired) electrons. The summed E-state index contributed by atoms with van der Waals surface area (Å²) in [6.07, 6.45) is 5.70. The van der Waals surface area contributed by atoms with Gasteiger partial charge in [0.2, 0.25) is 0 Å². The molecule has 0 saturated heterocycles. The predicted molar refractivity (Wildman–Crippen MR) is 71.3 cm³/mol. The summed E-state index contributed by atoms with van der Waals surface area (Å²) in [5.41, 5.74) is 2.89. The first kappa shape index (κ1) is 11.2. The largest absolute Gasteiger partial charge is 0.329 e. The maximum Gasteiger partial charge on any atom is 0.329 e. The second-order valence-corrected chi connectivity index (χ2v) is 4.79. The highest BCUT2D eigenvalue weighted by Gasteiger charge is 2.28. The number of rotatable bonds is 3. The van der Waals surface area contributed by atoms with Gasteiger partial charge in [0, 0.05) is 25.0 Å². The summed E-state index contributed by atoms with van der Waals surface area (Å²) in [4.78, 5) is 20.7. The molecule has 2 aromatic heterocycles. The van der Waals surface area contributed by atoms with E-state index in [2.05, 4.69) is 9.98 Å². The van der Waals surface area contributed by atoms with E-state index >= 15 is 0 Å². The molecule has 5 heteroatoms. The Morgan fingerprint density at radius 3 is 2.94 bits per heavy atom. The van der Waals surface area contributed by atoms with Gasteiger partial charge in [-0.1, -0.05) is 0 Å². The van der Waals surface area contributed by atoms with E-state index in [1.165, 1.54) is 0 Å². The van der Waals surface area contributed by atoms with Crippen LogP contribution >= 0.6 is 0 Å². The van der Waals surface area contributed by atoms with Gasteiger partial charge in [0.25, 0.3) is 0 Å². The van der Waals surface area contributed by atoms with Crippen molar-refractivity contribution < 1.29 is 0 Å². The molecule has 1 fully saturated rings. The minimum absolute atomic E-state index is 0.0588. The molecule has 0 atom stereocenters. The maximum absolute atomic E-state index is 12.5. The van der Waals surface area contributed by atoms with Crippen LogP contribution in [0.4, 0.5) is 0 Å². The van der Waals surface area contributed by atoms with E-state index in [1.54, 1.807) is 24.0 Å². The van der Waals surface area contributed by atoms with Gasteiger partial charge in [-0.25, -0.2) is 4.79 Å². The Hall–Kier alpha value is -1.91. The smallest absolute Gasteiger partial charge is 0.296 e. The predicted octanol–water partition coefficient (Wildman–Crippen LogP) is 1.62. The number of hydrogen-bond acceptors (Lipinski definition) is 3. The quantitative estimate of drug-likeness (QED) is 0.770. The van der Waals surface area contributed by atoms with Crippen molar-refractivity contribution in [1.82, 2.24) is 14.1 Å². The number of hydrogen-bond donors (Lipinski definition) is 0. The van der Waals surface area contributed by atoms with E-state index in [4.69, 9.17) is 0 Å². The Balaban J connectivity index is 2.24. The Morgan fingerprint density at radius 2 is 2.28 bits per heavy atom. The average Bonchev–Trinajstić information content (AvgIpc) is 3.17. The normalized spacial score (nSPS) is 16.4. The van der Waals surface area contributed by atoms with Crippen molar-refractivity contribution in [2.45, 2.75) is 32.4 Å². The van der Waals surface area contributed by atoms with Gasteiger partial charge in [-0.3, -0.25) is 19.1 Å². The molecule has 0 N–H and O–H groups in total. The zero-order chi connectivity index (χ0) is 12.7. The molecule has 5 nitrogen and oxygen atoms in total. The number of pyridine rings is 1. The molecule has 0 bridgehead atoms. The highest BCUT2D eigenvalue weighted by Crippen LogP contribution is 2.35. The monoisotopic (exact) mass is 244 g/mol. The molecule has 18 heavy (non-hydrogen) atoms. The van der Waals surface area contributed by atoms with E-state index in [-0.39, 0.29) is 5.69 Å². The first-order valence-electron chi connectivity index (χ1n) is 6.19. The lowest BCUT2D eigenvalue weighted by atomic mass is 10.3. The van der Waals surface area contributed by atoms with Crippen LogP contribution in [0.5, 0.6) is 0 Å². The van der Waals surface area contributed by atoms with Crippen LogP contribution in [-0.4, -0.2) is 26.9 Å². The molecule has 0 unspecified atom stereocenters. The molecular weight excluding hydrogens is 228 g/mol. The first-order chi connectivity index (χ1) is 8.72. The fourth-order valence-corrected chi connectivity index (χ4v) is 2.26. The van der Waals surface area contributed by atoms with Crippen LogP contribution < -0.4 is 5.69 Å². The van der Waals surface area contributed by atoms with Gasteiger partial charge in [-0.2, -0.15) is 0 Å². The van der Waals surface area contributed by atoms with E-state index in [0.29, 0.717) is 12.6 Å². The highest BCUT2D eigenvalue weighted by atomic mass is 16.1. The van der Waals surface area contributed by atoms with Gasteiger partial charge in [-0.15, -0.1) is 0 Å². The van der Waals surface area contributed by atoms with E-state index in [0.717, 1.165) is 29.6 Å². The van der Waals surface area contributed by atoms with Crippen molar-refractivity contribution in [3.8, 4) is 0 Å². The molecule has 3 rings (SSSR count). The van der Waals surface area contributed by atoms with Gasteiger partial charge in [-0.05, 0) is 25.8 Å². The molecule has 1 aliphatic rings. The highest BCUT2D eigenvalue weighted by molar-refractivity contribution is 5.84. The lowest BCUT2D eigenvalue weighted by Gasteiger charge is -2.01. The second-order valence-electron chi connectivity index (χ2n) is 4.79. The van der Waals surface area contributed by atoms with Gasteiger partial charge >= 0.3 is 5.69 Å². The Morgan fingerprint density at radius 1 is 1.50 bits per heavy atom. The SMILES string of the molecule is CN=C(C)Cn1c(=O)n(C2CC2)c2ccncc21. The van der Waals surface area contributed by atoms with Crippen LogP contribution in [-0.2, 0) is 6.54 Å². The standard InChI is InChI=1S/C13H16N4O/c1-9(14-2)8-16-12-7-15-6-5-11(12)17(13(16)18)10-3-4-10/h5-7,10H,3-4,8H2,1-2H3. The van der Waals surface area contributed by atoms with Gasteiger partial charge in [0.15, 0.2) is 0 Å². The summed E-state index contributed by atoms with van der Waals surface area (Å²) in [6.45, 7) is 2.47. The number of fused-ring (bicyclic) bond motifs is 1. The Labute approximate surface area is 105 Å². The van der Waals surface area contributed by atoms with Crippen molar-refractivity contribution in [3.05, 3.63) is 28.9 Å². The summed E-state index contributed by atoms with van der Waals surface area (Å²) in [7, 11) is 1.75. The molecule has 0 amide bonds. The van der Waals surface area contributed by atoms with Crippen LogP contribution in [0.25, 0.3) is 11.0 Å². The van der Waals surface area contributed by atoms with Crippen LogP contribution in [0.1, 0.15) is 25.8 Å². The fraction of sp³-hybridized carbons (Fsp3) is 0.462. The van der Waals surface area contributed by atoms with Crippen molar-refractivity contribution in [3.63, 3.8) is 0 Å². The Bertz CT molecular complexity index is 676. The second kappa shape index (κ2) is 4.08. The Kier molecular flexibility index (Phi) is 2.54. The van der Waals surface area contributed by atoms with Crippen LogP contribution in [0.3, 0.4) is 0 Å². The van der Waals surface area contributed by atoms with Gasteiger partial charge < -0.3 is 0 Å². The molecule has 2 heterocycles. The van der Waals surface area contributed by atoms with Crippen molar-refractivity contribution in [2.24, 2.45) is 4.99 Å². The molecule has 0 spiro atoms. The maximum atomic E-state index is 12.5. The van der Waals surface area contributed by atoms with Gasteiger partial charge in [0.05, 0.1) is 23.8 Å². The van der Waals surface area contributed by atoms with Gasteiger partial charge in [0.1, 0.15) is 0 Å². The summed E-state index contributed by atoms with van der Waals surface area (Å²) in [5.74, 6) is 0. The number of nitrogens with zero attached hydrogens (tertiary/aromatic N) is 4. The molecule has 0 aliphatic heterocycles. The van der Waals surface area contributed by atoms with Crippen LogP contribution in [0, 0.1) is 0 Å². The lowest BCUT2D eigenvalue weighted by molar-refractivity contribution is 0.684. The summed E-state index contributed by atoms with van der Waals surface area (Å²) in [5, 5.41) is 0. The van der Waals surface area contributed by atoms with Crippen molar-refractivity contribution in [2.75, 3.05) is 7.05 Å². The van der Waals surface area contributed by atoms with Crippen LogP contribution in [0.15, 0.2) is 28.2 Å². The molecule has 2 aromatic rings. The topological polar surface area (TPSA) is 52.2 Å². The third kappa shape index (κ3) is 1.66. The van der Waals surface area contributed by atoms with E-state index in [9.17, 15) is 4.79 Å². The molecule has 1 aliphatic carbocycles. The third-order valence-electron chi connectivity index (χ3n) is 3.45.